The molecule has 0 atom stereocenters. The molecule has 10 aromatic carbocycles. The van der Waals surface area contributed by atoms with E-state index in [-0.39, 0.29) is 0 Å². The molecule has 12 aromatic rings. The van der Waals surface area contributed by atoms with Gasteiger partial charge >= 0.3 is 0 Å². The molecule has 0 aliphatic heterocycles. The lowest BCUT2D eigenvalue weighted by molar-refractivity contribution is 1.07. The lowest BCUT2D eigenvalue weighted by Gasteiger charge is -2.27. The lowest BCUT2D eigenvalue weighted by Crippen LogP contribution is -2.10. The van der Waals surface area contributed by atoms with Crippen LogP contribution in [-0.4, -0.2) is 19.5 Å². The molecule has 320 valence electrons. The van der Waals surface area contributed by atoms with Crippen molar-refractivity contribution in [2.24, 2.45) is 0 Å². The van der Waals surface area contributed by atoms with E-state index in [9.17, 15) is 0 Å². The number of rotatable bonds is 10. The zero-order valence-electron chi connectivity index (χ0n) is 37.1. The molecular formula is C63H43N5. The molecule has 0 bridgehead atoms. The molecule has 12 rings (SSSR count). The van der Waals surface area contributed by atoms with E-state index in [0.717, 1.165) is 83.5 Å². The first kappa shape index (κ1) is 40.3. The zero-order valence-corrected chi connectivity index (χ0v) is 37.1. The van der Waals surface area contributed by atoms with Crippen LogP contribution in [0, 0.1) is 0 Å². The molecule has 0 amide bonds. The number of para-hydroxylation sites is 3. The summed E-state index contributed by atoms with van der Waals surface area (Å²) in [5, 5.41) is 2.26. The number of benzene rings is 10. The Hall–Kier alpha value is -9.19. The summed E-state index contributed by atoms with van der Waals surface area (Å²) in [4.78, 5) is 17.8. The van der Waals surface area contributed by atoms with Gasteiger partial charge in [0.1, 0.15) is 0 Å². The van der Waals surface area contributed by atoms with Crippen LogP contribution in [-0.2, 0) is 0 Å². The smallest absolute Gasteiger partial charge is 0.166 e. The van der Waals surface area contributed by atoms with Crippen molar-refractivity contribution in [3.63, 3.8) is 0 Å². The van der Waals surface area contributed by atoms with Gasteiger partial charge in [0.15, 0.2) is 17.5 Å². The maximum atomic E-state index is 5.22. The van der Waals surface area contributed by atoms with E-state index >= 15 is 0 Å². The number of aromatic nitrogens is 4. The van der Waals surface area contributed by atoms with Crippen molar-refractivity contribution in [1.29, 1.82) is 0 Å². The molecule has 2 aromatic heterocycles. The van der Waals surface area contributed by atoms with Crippen molar-refractivity contribution in [1.82, 2.24) is 19.5 Å². The summed E-state index contributed by atoms with van der Waals surface area (Å²) in [6.07, 6.45) is 0. The number of hydrogen-bond donors (Lipinski definition) is 0. The van der Waals surface area contributed by atoms with Gasteiger partial charge < -0.3 is 9.47 Å². The fourth-order valence-electron chi connectivity index (χ4n) is 9.44. The lowest BCUT2D eigenvalue weighted by atomic mass is 10.00. The highest BCUT2D eigenvalue weighted by Crippen LogP contribution is 2.44. The van der Waals surface area contributed by atoms with Gasteiger partial charge in [-0.2, -0.15) is 0 Å². The maximum Gasteiger partial charge on any atom is 0.166 e. The first-order chi connectivity index (χ1) is 33.7. The van der Waals surface area contributed by atoms with Crippen LogP contribution >= 0.6 is 0 Å². The summed E-state index contributed by atoms with van der Waals surface area (Å²) in [6.45, 7) is 0. The quantitative estimate of drug-likeness (QED) is 0.137. The van der Waals surface area contributed by atoms with E-state index in [1.54, 1.807) is 0 Å². The molecule has 0 aliphatic rings. The molecule has 0 N–H and O–H groups in total. The van der Waals surface area contributed by atoms with Gasteiger partial charge in [-0.25, -0.2) is 15.0 Å². The Morgan fingerprint density at radius 1 is 0.265 bits per heavy atom. The average Bonchev–Trinajstić information content (AvgIpc) is 3.77. The van der Waals surface area contributed by atoms with E-state index in [1.165, 1.54) is 11.1 Å². The highest BCUT2D eigenvalue weighted by Gasteiger charge is 2.23. The monoisotopic (exact) mass is 869 g/mol. The molecule has 0 unspecified atom stereocenters. The van der Waals surface area contributed by atoms with Crippen molar-refractivity contribution in [3.8, 4) is 73.2 Å². The third-order valence-electron chi connectivity index (χ3n) is 12.6. The van der Waals surface area contributed by atoms with Gasteiger partial charge in [-0.3, -0.25) is 0 Å². The van der Waals surface area contributed by atoms with Crippen molar-refractivity contribution in [2.75, 3.05) is 4.90 Å². The van der Waals surface area contributed by atoms with Gasteiger partial charge in [-0.05, 0) is 82.4 Å². The van der Waals surface area contributed by atoms with Crippen LogP contribution in [0.2, 0.25) is 0 Å². The topological polar surface area (TPSA) is 46.8 Å². The third-order valence-corrected chi connectivity index (χ3v) is 12.6. The standard InChI is InChI=1S/C63H43N5/c1-6-20-44(21-7-1)49-28-16-32-53(42-49)67(54-33-17-29-50(43-54)45-22-8-2-9-23-45)52-40-38-46(39-41-52)55-34-18-35-56-57-36-19-37-58(60(57)68(59(55)56)51-30-14-5-15-31-51)63-65-61(47-24-10-3-11-25-47)64-62(66-63)48-26-12-4-13-27-48/h1-43H. The third kappa shape index (κ3) is 7.58. The SMILES string of the molecule is c1ccc(-c2cccc(N(c3ccc(-c4cccc5c6cccc(-c7nc(-c8ccccc8)nc(-c8ccccc8)n7)c6n(-c6ccccc6)c45)cc3)c3cccc(-c4ccccc4)c3)c2)cc1. The highest BCUT2D eigenvalue weighted by atomic mass is 15.1. The summed E-state index contributed by atoms with van der Waals surface area (Å²) in [6, 6.07) is 91.9. The Bertz CT molecular complexity index is 3560. The minimum atomic E-state index is 0.613. The van der Waals surface area contributed by atoms with E-state index in [1.807, 2.05) is 36.4 Å². The fourth-order valence-corrected chi connectivity index (χ4v) is 9.44. The molecule has 0 fully saturated rings. The van der Waals surface area contributed by atoms with Crippen LogP contribution < -0.4 is 4.90 Å². The molecule has 0 aliphatic carbocycles. The Morgan fingerprint density at radius 3 is 1.16 bits per heavy atom. The molecule has 5 nitrogen and oxygen atoms in total. The second kappa shape index (κ2) is 17.7. The van der Waals surface area contributed by atoms with Gasteiger partial charge in [-0.15, -0.1) is 0 Å². The van der Waals surface area contributed by atoms with Gasteiger partial charge in [0.2, 0.25) is 0 Å². The molecule has 0 saturated heterocycles. The van der Waals surface area contributed by atoms with Crippen LogP contribution in [0.25, 0.3) is 95.0 Å². The average molecular weight is 870 g/mol. The minimum absolute atomic E-state index is 0.613. The normalized spacial score (nSPS) is 11.2. The first-order valence-corrected chi connectivity index (χ1v) is 22.9. The Labute approximate surface area is 395 Å². The van der Waals surface area contributed by atoms with Crippen LogP contribution in [0.4, 0.5) is 17.1 Å². The number of anilines is 3. The zero-order chi connectivity index (χ0) is 45.2. The predicted octanol–water partition coefficient (Wildman–Crippen LogP) is 16.4. The largest absolute Gasteiger partial charge is 0.310 e. The summed E-state index contributed by atoms with van der Waals surface area (Å²) < 4.78 is 2.40. The highest BCUT2D eigenvalue weighted by molar-refractivity contribution is 6.17. The van der Waals surface area contributed by atoms with Gasteiger partial charge in [0, 0.05) is 55.8 Å². The summed E-state index contributed by atoms with van der Waals surface area (Å²) in [7, 11) is 0. The molecule has 0 saturated carbocycles. The summed E-state index contributed by atoms with van der Waals surface area (Å²) in [5.41, 5.74) is 16.1. The van der Waals surface area contributed by atoms with Gasteiger partial charge in [0.05, 0.1) is 11.0 Å². The number of hydrogen-bond acceptors (Lipinski definition) is 4. The van der Waals surface area contributed by atoms with Crippen molar-refractivity contribution in [2.45, 2.75) is 0 Å². The van der Waals surface area contributed by atoms with Crippen LogP contribution in [0.15, 0.2) is 261 Å². The van der Waals surface area contributed by atoms with E-state index in [4.69, 9.17) is 15.0 Å². The predicted molar refractivity (Wildman–Crippen MR) is 281 cm³/mol. The van der Waals surface area contributed by atoms with E-state index in [0.29, 0.717) is 17.5 Å². The Morgan fingerprint density at radius 2 is 0.662 bits per heavy atom. The Balaban J connectivity index is 1.03. The fraction of sp³-hybridized carbons (Fsp3) is 0. The van der Waals surface area contributed by atoms with Crippen molar-refractivity contribution < 1.29 is 0 Å². The summed E-state index contributed by atoms with van der Waals surface area (Å²) in [5.74, 6) is 1.87. The molecule has 5 heteroatoms. The molecule has 2 heterocycles. The molecule has 68 heavy (non-hydrogen) atoms. The minimum Gasteiger partial charge on any atom is -0.310 e. The van der Waals surface area contributed by atoms with Gasteiger partial charge in [0.25, 0.3) is 0 Å². The number of fused-ring (bicyclic) bond motifs is 3. The van der Waals surface area contributed by atoms with Gasteiger partial charge in [-0.1, -0.05) is 206 Å². The molecule has 0 spiro atoms. The Kier molecular flexibility index (Phi) is 10.5. The van der Waals surface area contributed by atoms with E-state index in [2.05, 4.69) is 234 Å². The van der Waals surface area contributed by atoms with Crippen LogP contribution in [0.1, 0.15) is 0 Å². The van der Waals surface area contributed by atoms with Crippen molar-refractivity contribution >= 4 is 38.9 Å². The summed E-state index contributed by atoms with van der Waals surface area (Å²) >= 11 is 0. The molecular weight excluding hydrogens is 827 g/mol. The number of nitrogens with zero attached hydrogens (tertiary/aromatic N) is 5. The maximum absolute atomic E-state index is 5.22. The second-order valence-corrected chi connectivity index (χ2v) is 16.8. The second-order valence-electron chi connectivity index (χ2n) is 16.8. The van der Waals surface area contributed by atoms with Crippen LogP contribution in [0.5, 0.6) is 0 Å². The first-order valence-electron chi connectivity index (χ1n) is 22.9. The van der Waals surface area contributed by atoms with Crippen molar-refractivity contribution in [3.05, 3.63) is 261 Å². The van der Waals surface area contributed by atoms with Crippen LogP contribution in [0.3, 0.4) is 0 Å². The van der Waals surface area contributed by atoms with E-state index < -0.39 is 0 Å². The molecule has 0 radical (unpaired) electrons.